The lowest BCUT2D eigenvalue weighted by atomic mass is 10.3. The van der Waals surface area contributed by atoms with Crippen LogP contribution >= 0.6 is 11.3 Å². The molecule has 0 spiro atoms. The number of hydrogen-bond donors (Lipinski definition) is 3. The van der Waals surface area contributed by atoms with Gasteiger partial charge in [-0.05, 0) is 48.5 Å². The van der Waals surface area contributed by atoms with Crippen LogP contribution in [0.15, 0.2) is 71.9 Å². The summed E-state index contributed by atoms with van der Waals surface area (Å²) in [5.74, 6) is -1.02. The lowest BCUT2D eigenvalue weighted by Crippen LogP contribution is -2.32. The van der Waals surface area contributed by atoms with Crippen molar-refractivity contribution in [3.05, 3.63) is 78.1 Å². The first kappa shape index (κ1) is 20.0. The summed E-state index contributed by atoms with van der Waals surface area (Å²) in [6.45, 7) is -0.199. The van der Waals surface area contributed by atoms with Gasteiger partial charge in [-0.2, -0.15) is 5.10 Å². The summed E-state index contributed by atoms with van der Waals surface area (Å²) in [4.78, 5) is 40.6. The maximum Gasteiger partial charge on any atom is 0.291 e. The zero-order chi connectivity index (χ0) is 21.6. The van der Waals surface area contributed by atoms with Gasteiger partial charge >= 0.3 is 0 Å². The van der Waals surface area contributed by atoms with Crippen molar-refractivity contribution in [1.29, 1.82) is 0 Å². The van der Waals surface area contributed by atoms with E-state index in [2.05, 4.69) is 26.0 Å². The first-order valence-electron chi connectivity index (χ1n) is 9.06. The predicted octanol–water partition coefficient (Wildman–Crippen LogP) is 2.54. The third kappa shape index (κ3) is 5.03. The van der Waals surface area contributed by atoms with Crippen LogP contribution in [0.3, 0.4) is 0 Å². The number of benzene rings is 1. The molecule has 11 heteroatoms. The molecule has 10 nitrogen and oxygen atoms in total. The number of rotatable bonds is 7. The van der Waals surface area contributed by atoms with Crippen LogP contribution in [0.2, 0.25) is 0 Å². The molecule has 0 saturated carbocycles. The fourth-order valence-electron chi connectivity index (χ4n) is 2.60. The fraction of sp³-hybridized carbons (Fsp3) is 0.0500. The van der Waals surface area contributed by atoms with E-state index in [4.69, 9.17) is 4.42 Å². The molecule has 0 atom stereocenters. The van der Waals surface area contributed by atoms with E-state index in [1.807, 2.05) is 0 Å². The minimum atomic E-state index is -0.417. The average Bonchev–Trinajstić information content (AvgIpc) is 3.55. The van der Waals surface area contributed by atoms with Gasteiger partial charge in [0, 0.05) is 5.69 Å². The lowest BCUT2D eigenvalue weighted by molar-refractivity contribution is -0.115. The fourth-order valence-corrected chi connectivity index (χ4v) is 3.42. The molecule has 4 rings (SSSR count). The van der Waals surface area contributed by atoms with Crippen molar-refractivity contribution in [2.75, 3.05) is 17.2 Å². The Bertz CT molecular complexity index is 1180. The first-order chi connectivity index (χ1) is 15.1. The van der Waals surface area contributed by atoms with Gasteiger partial charge in [0.25, 0.3) is 11.8 Å². The predicted molar refractivity (Wildman–Crippen MR) is 113 cm³/mol. The third-order valence-electron chi connectivity index (χ3n) is 4.06. The number of carbonyl (C=O) groups is 3. The quantitative estimate of drug-likeness (QED) is 0.408. The van der Waals surface area contributed by atoms with Crippen LogP contribution in [-0.4, -0.2) is 39.0 Å². The van der Waals surface area contributed by atoms with Crippen molar-refractivity contribution in [2.45, 2.75) is 0 Å². The topological polar surface area (TPSA) is 131 Å². The molecular weight excluding hydrogens is 420 g/mol. The first-order valence-corrected chi connectivity index (χ1v) is 9.88. The summed E-state index contributed by atoms with van der Waals surface area (Å²) in [5.41, 5.74) is 1.39. The SMILES string of the molecule is O=C(CNC(=O)c1ccc(NC(=O)c2ccco2)s1)Nc1ccc(-n2cncn2)cc1. The van der Waals surface area contributed by atoms with Crippen LogP contribution in [0.1, 0.15) is 20.2 Å². The molecule has 3 amide bonds. The minimum absolute atomic E-state index is 0.172. The summed E-state index contributed by atoms with van der Waals surface area (Å²) in [6.07, 6.45) is 4.40. The van der Waals surface area contributed by atoms with E-state index >= 15 is 0 Å². The summed E-state index contributed by atoms with van der Waals surface area (Å²) >= 11 is 1.09. The zero-order valence-electron chi connectivity index (χ0n) is 15.9. The van der Waals surface area contributed by atoms with E-state index in [9.17, 15) is 14.4 Å². The number of nitrogens with one attached hydrogen (secondary N) is 3. The number of hydrogen-bond acceptors (Lipinski definition) is 7. The molecule has 31 heavy (non-hydrogen) atoms. The highest BCUT2D eigenvalue weighted by Crippen LogP contribution is 2.22. The van der Waals surface area contributed by atoms with Gasteiger partial charge in [0.2, 0.25) is 5.91 Å². The largest absolute Gasteiger partial charge is 0.459 e. The van der Waals surface area contributed by atoms with Crippen LogP contribution in [0.25, 0.3) is 5.69 Å². The van der Waals surface area contributed by atoms with Crippen molar-refractivity contribution in [3.63, 3.8) is 0 Å². The molecule has 156 valence electrons. The van der Waals surface area contributed by atoms with Gasteiger partial charge in [-0.15, -0.1) is 11.3 Å². The zero-order valence-corrected chi connectivity index (χ0v) is 16.8. The van der Waals surface area contributed by atoms with E-state index in [0.29, 0.717) is 15.6 Å². The van der Waals surface area contributed by atoms with Gasteiger partial charge in [-0.1, -0.05) is 0 Å². The van der Waals surface area contributed by atoms with Gasteiger partial charge in [0.05, 0.1) is 28.4 Å². The van der Waals surface area contributed by atoms with Gasteiger partial charge in [0.1, 0.15) is 12.7 Å². The monoisotopic (exact) mass is 436 g/mol. The molecule has 0 saturated heterocycles. The summed E-state index contributed by atoms with van der Waals surface area (Å²) in [7, 11) is 0. The lowest BCUT2D eigenvalue weighted by Gasteiger charge is -2.07. The second-order valence-electron chi connectivity index (χ2n) is 6.21. The molecule has 3 aromatic heterocycles. The standard InChI is InChI=1S/C20H16N6O4S/c27-17(24-13-3-5-14(6-4-13)26-12-21-11-23-26)10-22-20(29)16-7-8-18(31-16)25-19(28)15-2-1-9-30-15/h1-9,11-12H,10H2,(H,22,29)(H,24,27)(H,25,28). The molecule has 1 aromatic carbocycles. The molecule has 0 bridgehead atoms. The van der Waals surface area contributed by atoms with Crippen LogP contribution < -0.4 is 16.0 Å². The van der Waals surface area contributed by atoms with Gasteiger partial charge in [-0.3, -0.25) is 14.4 Å². The van der Waals surface area contributed by atoms with Crippen molar-refractivity contribution >= 4 is 39.7 Å². The van der Waals surface area contributed by atoms with Gasteiger partial charge in [0.15, 0.2) is 5.76 Å². The number of carbonyl (C=O) groups excluding carboxylic acids is 3. The third-order valence-corrected chi connectivity index (χ3v) is 5.05. The summed E-state index contributed by atoms with van der Waals surface area (Å²) < 4.78 is 6.62. The number of anilines is 2. The van der Waals surface area contributed by atoms with E-state index in [1.54, 1.807) is 53.5 Å². The minimum Gasteiger partial charge on any atom is -0.459 e. The Morgan fingerprint density at radius 1 is 1.00 bits per heavy atom. The Morgan fingerprint density at radius 3 is 2.55 bits per heavy atom. The summed E-state index contributed by atoms with van der Waals surface area (Å²) in [6, 6.07) is 13.3. The van der Waals surface area contributed by atoms with E-state index in [-0.39, 0.29) is 18.2 Å². The number of thiophene rings is 1. The molecule has 3 N–H and O–H groups in total. The van der Waals surface area contributed by atoms with Gasteiger partial charge in [-0.25, -0.2) is 9.67 Å². The average molecular weight is 436 g/mol. The van der Waals surface area contributed by atoms with Crippen LogP contribution in [0.4, 0.5) is 10.7 Å². The highest BCUT2D eigenvalue weighted by Gasteiger charge is 2.14. The smallest absolute Gasteiger partial charge is 0.291 e. The van der Waals surface area contributed by atoms with Gasteiger partial charge < -0.3 is 20.4 Å². The van der Waals surface area contributed by atoms with Crippen molar-refractivity contribution in [3.8, 4) is 5.69 Å². The highest BCUT2D eigenvalue weighted by atomic mass is 32.1. The Balaban J connectivity index is 1.26. The van der Waals surface area contributed by atoms with Crippen LogP contribution in [0.5, 0.6) is 0 Å². The van der Waals surface area contributed by atoms with Crippen LogP contribution in [-0.2, 0) is 4.79 Å². The van der Waals surface area contributed by atoms with E-state index < -0.39 is 11.8 Å². The van der Waals surface area contributed by atoms with Crippen molar-refractivity contribution in [1.82, 2.24) is 20.1 Å². The number of nitrogens with zero attached hydrogens (tertiary/aromatic N) is 3. The molecule has 0 radical (unpaired) electrons. The Labute approximate surface area is 179 Å². The molecular formula is C20H16N6O4S. The molecule has 0 unspecified atom stereocenters. The molecule has 0 aliphatic carbocycles. The molecule has 3 heterocycles. The molecule has 0 fully saturated rings. The number of amides is 3. The molecule has 0 aliphatic rings. The highest BCUT2D eigenvalue weighted by molar-refractivity contribution is 7.18. The Kier molecular flexibility index (Phi) is 5.85. The molecule has 0 aliphatic heterocycles. The maximum absolute atomic E-state index is 12.3. The number of aromatic nitrogens is 3. The normalized spacial score (nSPS) is 10.5. The summed E-state index contributed by atoms with van der Waals surface area (Å²) in [5, 5.41) is 12.4. The van der Waals surface area contributed by atoms with Crippen molar-refractivity contribution < 1.29 is 18.8 Å². The van der Waals surface area contributed by atoms with Crippen molar-refractivity contribution in [2.24, 2.45) is 0 Å². The van der Waals surface area contributed by atoms with E-state index in [0.717, 1.165) is 17.0 Å². The second-order valence-corrected chi connectivity index (χ2v) is 7.30. The Morgan fingerprint density at radius 2 is 1.84 bits per heavy atom. The maximum atomic E-state index is 12.3. The van der Waals surface area contributed by atoms with Crippen LogP contribution in [0, 0.1) is 0 Å². The molecule has 4 aromatic rings. The van der Waals surface area contributed by atoms with E-state index in [1.165, 1.54) is 18.7 Å². The second kappa shape index (κ2) is 9.05. The number of furan rings is 1. The Hall–Kier alpha value is -4.25.